The van der Waals surface area contributed by atoms with Crippen LogP contribution in [0.1, 0.15) is 20.3 Å². The molecule has 0 aliphatic heterocycles. The predicted octanol–water partition coefficient (Wildman–Crippen LogP) is 2.02. The molecule has 1 amide bonds. The number of benzene rings is 1. The van der Waals surface area contributed by atoms with Crippen LogP contribution < -0.4 is 20.5 Å². The first-order valence-electron chi connectivity index (χ1n) is 6.25. The summed E-state index contributed by atoms with van der Waals surface area (Å²) < 4.78 is 10.3. The Kier molecular flexibility index (Phi) is 5.63. The van der Waals surface area contributed by atoms with Gasteiger partial charge < -0.3 is 20.5 Å². The van der Waals surface area contributed by atoms with Crippen molar-refractivity contribution in [2.45, 2.75) is 26.3 Å². The molecule has 1 rings (SSSR count). The molecule has 0 radical (unpaired) electrons. The molecule has 0 aliphatic carbocycles. The number of hydrogen-bond donors (Lipinski definition) is 2. The third-order valence-electron chi connectivity index (χ3n) is 2.68. The maximum absolute atomic E-state index is 11.9. The molecule has 5 nitrogen and oxygen atoms in total. The summed E-state index contributed by atoms with van der Waals surface area (Å²) >= 11 is 0. The highest BCUT2D eigenvalue weighted by molar-refractivity contribution is 5.95. The van der Waals surface area contributed by atoms with Crippen molar-refractivity contribution in [1.29, 1.82) is 0 Å². The zero-order chi connectivity index (χ0) is 14.4. The Balaban J connectivity index is 2.78. The summed E-state index contributed by atoms with van der Waals surface area (Å²) in [5, 5.41) is 2.77. The predicted molar refractivity (Wildman–Crippen MR) is 75.6 cm³/mol. The molecule has 3 N–H and O–H groups in total. The molecule has 1 atom stereocenters. The number of nitrogens with one attached hydrogen (secondary N) is 1. The van der Waals surface area contributed by atoms with Crippen molar-refractivity contribution in [3.05, 3.63) is 18.2 Å². The van der Waals surface area contributed by atoms with E-state index in [1.165, 1.54) is 0 Å². The molecule has 1 aromatic carbocycles. The summed E-state index contributed by atoms with van der Waals surface area (Å²) in [5.74, 6) is 1.41. The average Bonchev–Trinajstić information content (AvgIpc) is 2.37. The second-order valence-corrected chi connectivity index (χ2v) is 4.83. The largest absolute Gasteiger partial charge is 0.497 e. The van der Waals surface area contributed by atoms with Crippen molar-refractivity contribution in [3.63, 3.8) is 0 Å². The van der Waals surface area contributed by atoms with Gasteiger partial charge in [-0.05, 0) is 12.3 Å². The van der Waals surface area contributed by atoms with Crippen LogP contribution in [0.25, 0.3) is 0 Å². The minimum atomic E-state index is -0.516. The van der Waals surface area contributed by atoms with Gasteiger partial charge >= 0.3 is 0 Å². The monoisotopic (exact) mass is 266 g/mol. The van der Waals surface area contributed by atoms with Crippen LogP contribution in [0.2, 0.25) is 0 Å². The lowest BCUT2D eigenvalue weighted by Crippen LogP contribution is -2.36. The Hall–Kier alpha value is -1.75. The third-order valence-corrected chi connectivity index (χ3v) is 2.68. The Labute approximate surface area is 114 Å². The van der Waals surface area contributed by atoms with Crippen molar-refractivity contribution < 1.29 is 14.3 Å². The smallest absolute Gasteiger partial charge is 0.241 e. The van der Waals surface area contributed by atoms with Crippen molar-refractivity contribution in [2.75, 3.05) is 19.5 Å². The number of carbonyl (C=O) groups is 1. The van der Waals surface area contributed by atoms with Gasteiger partial charge in [0, 0.05) is 23.9 Å². The van der Waals surface area contributed by atoms with E-state index in [1.54, 1.807) is 32.4 Å². The summed E-state index contributed by atoms with van der Waals surface area (Å²) in [6.07, 6.45) is 0.646. The van der Waals surface area contributed by atoms with E-state index in [0.29, 0.717) is 29.5 Å². The quantitative estimate of drug-likeness (QED) is 0.826. The highest BCUT2D eigenvalue weighted by atomic mass is 16.5. The van der Waals surface area contributed by atoms with Crippen LogP contribution in [0, 0.1) is 5.92 Å². The second-order valence-electron chi connectivity index (χ2n) is 4.83. The maximum atomic E-state index is 11.9. The van der Waals surface area contributed by atoms with Crippen molar-refractivity contribution in [3.8, 4) is 11.5 Å². The van der Waals surface area contributed by atoms with Crippen LogP contribution in [0.3, 0.4) is 0 Å². The van der Waals surface area contributed by atoms with E-state index >= 15 is 0 Å². The van der Waals surface area contributed by atoms with Gasteiger partial charge in [-0.3, -0.25) is 4.79 Å². The molecule has 0 aromatic heterocycles. The van der Waals surface area contributed by atoms with Crippen LogP contribution in [0.15, 0.2) is 18.2 Å². The standard InChI is InChI=1S/C14H22N2O3/c1-9(2)5-13(15)14(17)16-10-6-11(18-3)8-12(7-10)19-4/h6-9,13H,5,15H2,1-4H3,(H,16,17). The fourth-order valence-corrected chi connectivity index (χ4v) is 1.73. The van der Waals surface area contributed by atoms with Gasteiger partial charge in [-0.1, -0.05) is 13.8 Å². The molecular weight excluding hydrogens is 244 g/mol. The summed E-state index contributed by atoms with van der Waals surface area (Å²) in [6.45, 7) is 4.06. The molecular formula is C14H22N2O3. The van der Waals surface area contributed by atoms with Crippen LogP contribution >= 0.6 is 0 Å². The Morgan fingerprint density at radius 2 is 1.74 bits per heavy atom. The number of amides is 1. The molecule has 1 unspecified atom stereocenters. The Morgan fingerprint density at radius 1 is 1.21 bits per heavy atom. The fourth-order valence-electron chi connectivity index (χ4n) is 1.73. The van der Waals surface area contributed by atoms with Crippen molar-refractivity contribution in [2.24, 2.45) is 11.7 Å². The minimum absolute atomic E-state index is 0.205. The lowest BCUT2D eigenvalue weighted by Gasteiger charge is -2.15. The van der Waals surface area contributed by atoms with E-state index in [9.17, 15) is 4.79 Å². The number of anilines is 1. The van der Waals surface area contributed by atoms with E-state index in [1.807, 2.05) is 13.8 Å². The normalized spacial score (nSPS) is 12.1. The van der Waals surface area contributed by atoms with Crippen LogP contribution in [0.4, 0.5) is 5.69 Å². The number of ether oxygens (including phenoxy) is 2. The summed E-state index contributed by atoms with van der Waals surface area (Å²) in [5.41, 5.74) is 6.44. The molecule has 19 heavy (non-hydrogen) atoms. The van der Waals surface area contributed by atoms with Gasteiger partial charge in [0.15, 0.2) is 0 Å². The Morgan fingerprint density at radius 3 is 2.16 bits per heavy atom. The zero-order valence-corrected chi connectivity index (χ0v) is 11.9. The minimum Gasteiger partial charge on any atom is -0.497 e. The lowest BCUT2D eigenvalue weighted by atomic mass is 10.0. The molecule has 5 heteroatoms. The molecule has 0 spiro atoms. The van der Waals surface area contributed by atoms with E-state index in [2.05, 4.69) is 5.32 Å². The molecule has 0 bridgehead atoms. The van der Waals surface area contributed by atoms with Gasteiger partial charge in [0.1, 0.15) is 11.5 Å². The first kappa shape index (κ1) is 15.3. The molecule has 0 aliphatic rings. The zero-order valence-electron chi connectivity index (χ0n) is 11.9. The SMILES string of the molecule is COc1cc(NC(=O)C(N)CC(C)C)cc(OC)c1. The molecule has 0 heterocycles. The van der Waals surface area contributed by atoms with E-state index in [0.717, 1.165) is 0 Å². The molecule has 1 aromatic rings. The van der Waals surface area contributed by atoms with E-state index in [-0.39, 0.29) is 5.91 Å². The van der Waals surface area contributed by atoms with Gasteiger partial charge in [0.05, 0.1) is 20.3 Å². The number of methoxy groups -OCH3 is 2. The Bertz CT molecular complexity index is 410. The maximum Gasteiger partial charge on any atom is 0.241 e. The topological polar surface area (TPSA) is 73.6 Å². The number of carbonyl (C=O) groups excluding carboxylic acids is 1. The van der Waals surface area contributed by atoms with E-state index < -0.39 is 6.04 Å². The van der Waals surface area contributed by atoms with Crippen molar-refractivity contribution >= 4 is 11.6 Å². The number of hydrogen-bond acceptors (Lipinski definition) is 4. The van der Waals surface area contributed by atoms with Crippen LogP contribution in [-0.4, -0.2) is 26.2 Å². The van der Waals surface area contributed by atoms with Gasteiger partial charge in [-0.2, -0.15) is 0 Å². The van der Waals surface area contributed by atoms with Gasteiger partial charge in [-0.15, -0.1) is 0 Å². The van der Waals surface area contributed by atoms with Gasteiger partial charge in [-0.25, -0.2) is 0 Å². The molecule has 106 valence electrons. The first-order chi connectivity index (χ1) is 8.96. The second kappa shape index (κ2) is 6.99. The summed E-state index contributed by atoms with van der Waals surface area (Å²) in [7, 11) is 3.12. The number of rotatable bonds is 6. The lowest BCUT2D eigenvalue weighted by molar-refractivity contribution is -0.117. The summed E-state index contributed by atoms with van der Waals surface area (Å²) in [6, 6.07) is 4.67. The van der Waals surface area contributed by atoms with Gasteiger partial charge in [0.25, 0.3) is 0 Å². The van der Waals surface area contributed by atoms with E-state index in [4.69, 9.17) is 15.2 Å². The average molecular weight is 266 g/mol. The third kappa shape index (κ3) is 4.79. The first-order valence-corrected chi connectivity index (χ1v) is 6.25. The van der Waals surface area contributed by atoms with Gasteiger partial charge in [0.2, 0.25) is 5.91 Å². The highest BCUT2D eigenvalue weighted by Gasteiger charge is 2.15. The molecule has 0 fully saturated rings. The van der Waals surface area contributed by atoms with Crippen LogP contribution in [-0.2, 0) is 4.79 Å². The van der Waals surface area contributed by atoms with Crippen molar-refractivity contribution in [1.82, 2.24) is 0 Å². The number of nitrogens with two attached hydrogens (primary N) is 1. The fraction of sp³-hybridized carbons (Fsp3) is 0.500. The molecule has 0 saturated heterocycles. The molecule has 0 saturated carbocycles. The highest BCUT2D eigenvalue weighted by Crippen LogP contribution is 2.25. The van der Waals surface area contributed by atoms with Crippen LogP contribution in [0.5, 0.6) is 11.5 Å². The summed E-state index contributed by atoms with van der Waals surface area (Å²) in [4.78, 5) is 11.9.